The van der Waals surface area contributed by atoms with Crippen LogP contribution >= 0.6 is 0 Å². The third kappa shape index (κ3) is 7.22. The highest BCUT2D eigenvalue weighted by Crippen LogP contribution is 2.22. The minimum atomic E-state index is -0.617. The Bertz CT molecular complexity index is 1200. The first kappa shape index (κ1) is 26.5. The fraction of sp³-hybridized carbons (Fsp3) is 0.375. The van der Waals surface area contributed by atoms with Crippen molar-refractivity contribution in [2.75, 3.05) is 7.11 Å². The van der Waals surface area contributed by atoms with Gasteiger partial charge in [0.05, 0.1) is 13.5 Å². The van der Waals surface area contributed by atoms with Crippen molar-refractivity contribution in [2.24, 2.45) is 0 Å². The topological polar surface area (TPSA) is 58.6 Å². The number of methoxy groups -OCH3 is 1. The molecule has 0 spiro atoms. The van der Waals surface area contributed by atoms with Gasteiger partial charge in [0, 0.05) is 19.0 Å². The number of rotatable bonds is 10. The molecule has 0 aliphatic heterocycles. The smallest absolute Gasteiger partial charge is 0.243 e. The summed E-state index contributed by atoms with van der Waals surface area (Å²) in [4.78, 5) is 29.5. The van der Waals surface area contributed by atoms with Crippen molar-refractivity contribution in [3.05, 3.63) is 101 Å². The summed E-state index contributed by atoms with van der Waals surface area (Å²) in [5, 5.41) is 3.27. The minimum absolute atomic E-state index is 0.0615. The van der Waals surface area contributed by atoms with Crippen LogP contribution < -0.4 is 10.1 Å². The van der Waals surface area contributed by atoms with E-state index in [-0.39, 0.29) is 24.3 Å². The van der Waals surface area contributed by atoms with Gasteiger partial charge in [-0.2, -0.15) is 0 Å². The van der Waals surface area contributed by atoms with E-state index < -0.39 is 6.04 Å². The van der Waals surface area contributed by atoms with E-state index in [1.165, 1.54) is 5.56 Å². The maximum atomic E-state index is 14.0. The third-order valence-corrected chi connectivity index (χ3v) is 7.39. The summed E-state index contributed by atoms with van der Waals surface area (Å²) >= 11 is 0. The highest BCUT2D eigenvalue weighted by atomic mass is 16.5. The zero-order valence-electron chi connectivity index (χ0n) is 22.2. The molecule has 0 saturated heterocycles. The van der Waals surface area contributed by atoms with Gasteiger partial charge in [-0.05, 0) is 66.6 Å². The predicted octanol–water partition coefficient (Wildman–Crippen LogP) is 5.55. The number of hydrogen-bond donors (Lipinski definition) is 1. The molecule has 0 aromatic heterocycles. The lowest BCUT2D eigenvalue weighted by molar-refractivity contribution is -0.141. The maximum Gasteiger partial charge on any atom is 0.243 e. The number of benzene rings is 3. The minimum Gasteiger partial charge on any atom is -0.497 e. The predicted molar refractivity (Wildman–Crippen MR) is 147 cm³/mol. The van der Waals surface area contributed by atoms with Crippen LogP contribution in [0.25, 0.3) is 0 Å². The Labute approximate surface area is 220 Å². The van der Waals surface area contributed by atoms with E-state index in [0.717, 1.165) is 53.7 Å². The van der Waals surface area contributed by atoms with Crippen molar-refractivity contribution in [3.63, 3.8) is 0 Å². The van der Waals surface area contributed by atoms with Crippen LogP contribution in [0.15, 0.2) is 72.8 Å². The van der Waals surface area contributed by atoms with Gasteiger partial charge in [-0.3, -0.25) is 9.59 Å². The molecule has 4 rings (SSSR count). The number of nitrogens with one attached hydrogen (secondary N) is 1. The molecule has 194 valence electrons. The molecule has 3 aromatic carbocycles. The second-order valence-electron chi connectivity index (χ2n) is 10.2. The SMILES string of the molecule is COc1cccc(CN(C(=O)Cc2ccc(C)c(C)c2)[C@H](Cc2ccccc2)C(=O)NC2CCCC2)c1. The van der Waals surface area contributed by atoms with Crippen LogP contribution in [-0.4, -0.2) is 35.9 Å². The quantitative estimate of drug-likeness (QED) is 0.399. The van der Waals surface area contributed by atoms with E-state index in [4.69, 9.17) is 4.74 Å². The van der Waals surface area contributed by atoms with Crippen LogP contribution in [0.5, 0.6) is 5.75 Å². The van der Waals surface area contributed by atoms with Gasteiger partial charge in [0.15, 0.2) is 0 Å². The van der Waals surface area contributed by atoms with Gasteiger partial charge in [-0.25, -0.2) is 0 Å². The van der Waals surface area contributed by atoms with Crippen LogP contribution in [0.2, 0.25) is 0 Å². The summed E-state index contributed by atoms with van der Waals surface area (Å²) in [5.41, 5.74) is 5.27. The highest BCUT2D eigenvalue weighted by molar-refractivity contribution is 5.89. The summed E-state index contributed by atoms with van der Waals surface area (Å²) in [5.74, 6) is 0.592. The molecule has 0 heterocycles. The van der Waals surface area contributed by atoms with Crippen molar-refractivity contribution in [2.45, 2.75) is 71.0 Å². The Hall–Kier alpha value is -3.60. The average Bonchev–Trinajstić information content (AvgIpc) is 3.42. The average molecular weight is 499 g/mol. The zero-order chi connectivity index (χ0) is 26.2. The number of hydrogen-bond acceptors (Lipinski definition) is 3. The number of ether oxygens (including phenoxy) is 1. The summed E-state index contributed by atoms with van der Waals surface area (Å²) in [7, 11) is 1.63. The lowest BCUT2D eigenvalue weighted by Crippen LogP contribution is -2.52. The van der Waals surface area contributed by atoms with E-state index in [0.29, 0.717) is 13.0 Å². The molecule has 1 N–H and O–H groups in total. The van der Waals surface area contributed by atoms with Gasteiger partial charge in [-0.15, -0.1) is 0 Å². The van der Waals surface area contributed by atoms with Crippen molar-refractivity contribution in [3.8, 4) is 5.75 Å². The summed E-state index contributed by atoms with van der Waals surface area (Å²) in [6.45, 7) is 4.46. The molecule has 5 nitrogen and oxygen atoms in total. The molecule has 1 aliphatic carbocycles. The standard InChI is InChI=1S/C32H38N2O3/c1-23-16-17-26(18-24(23)2)21-31(35)34(22-27-12-9-15-29(19-27)37-3)30(20-25-10-5-4-6-11-25)32(36)33-28-13-7-8-14-28/h4-6,9-12,15-19,28,30H,7-8,13-14,20-22H2,1-3H3,(H,33,36)/t30-/m1/s1. The van der Waals surface area contributed by atoms with Crippen LogP contribution in [-0.2, 0) is 29.0 Å². The van der Waals surface area contributed by atoms with Gasteiger partial charge in [-0.1, -0.05) is 73.5 Å². The molecule has 0 bridgehead atoms. The van der Waals surface area contributed by atoms with Crippen LogP contribution in [0.4, 0.5) is 0 Å². The molecule has 1 aliphatic rings. The Morgan fingerprint density at radius 3 is 2.32 bits per heavy atom. The van der Waals surface area contributed by atoms with Crippen LogP contribution in [0.1, 0.15) is 53.5 Å². The van der Waals surface area contributed by atoms with E-state index in [9.17, 15) is 9.59 Å². The third-order valence-electron chi connectivity index (χ3n) is 7.39. The molecule has 1 fully saturated rings. The maximum absolute atomic E-state index is 14.0. The fourth-order valence-electron chi connectivity index (χ4n) is 5.08. The van der Waals surface area contributed by atoms with Crippen molar-refractivity contribution < 1.29 is 14.3 Å². The van der Waals surface area contributed by atoms with Crippen LogP contribution in [0.3, 0.4) is 0 Å². The normalized spacial score (nSPS) is 14.2. The van der Waals surface area contributed by atoms with Crippen LogP contribution in [0, 0.1) is 13.8 Å². The molecule has 2 amide bonds. The molecular formula is C32H38N2O3. The molecule has 1 saturated carbocycles. The van der Waals surface area contributed by atoms with E-state index in [1.807, 2.05) is 60.7 Å². The van der Waals surface area contributed by atoms with E-state index >= 15 is 0 Å². The van der Waals surface area contributed by atoms with E-state index in [1.54, 1.807) is 12.0 Å². The summed E-state index contributed by atoms with van der Waals surface area (Å²) < 4.78 is 5.43. The molecule has 5 heteroatoms. The first-order valence-corrected chi connectivity index (χ1v) is 13.3. The zero-order valence-corrected chi connectivity index (χ0v) is 22.2. The largest absolute Gasteiger partial charge is 0.497 e. The second kappa shape index (κ2) is 12.6. The van der Waals surface area contributed by atoms with Gasteiger partial charge in [0.1, 0.15) is 11.8 Å². The van der Waals surface area contributed by atoms with Gasteiger partial charge >= 0.3 is 0 Å². The number of nitrogens with zero attached hydrogens (tertiary/aromatic N) is 1. The fourth-order valence-corrected chi connectivity index (χ4v) is 5.08. The monoisotopic (exact) mass is 498 g/mol. The lowest BCUT2D eigenvalue weighted by Gasteiger charge is -2.32. The van der Waals surface area contributed by atoms with Crippen molar-refractivity contribution in [1.29, 1.82) is 0 Å². The van der Waals surface area contributed by atoms with Crippen molar-refractivity contribution >= 4 is 11.8 Å². The number of carbonyl (C=O) groups is 2. The molecule has 1 atom stereocenters. The summed E-state index contributed by atoms with van der Waals surface area (Å²) in [6, 6.07) is 23.4. The number of aryl methyl sites for hydroxylation is 2. The first-order chi connectivity index (χ1) is 17.9. The van der Waals surface area contributed by atoms with Gasteiger partial charge in [0.25, 0.3) is 0 Å². The van der Waals surface area contributed by atoms with Gasteiger partial charge < -0.3 is 15.0 Å². The Morgan fingerprint density at radius 1 is 0.892 bits per heavy atom. The Morgan fingerprint density at radius 2 is 1.62 bits per heavy atom. The Balaban J connectivity index is 1.67. The lowest BCUT2D eigenvalue weighted by atomic mass is 10.00. The highest BCUT2D eigenvalue weighted by Gasteiger charge is 2.32. The van der Waals surface area contributed by atoms with Crippen molar-refractivity contribution in [1.82, 2.24) is 10.2 Å². The van der Waals surface area contributed by atoms with Gasteiger partial charge in [0.2, 0.25) is 11.8 Å². The first-order valence-electron chi connectivity index (χ1n) is 13.3. The number of amides is 2. The van der Waals surface area contributed by atoms with E-state index in [2.05, 4.69) is 31.3 Å². The molecule has 0 unspecified atom stereocenters. The molecule has 3 aromatic rings. The Kier molecular flexibility index (Phi) is 8.99. The number of carbonyl (C=O) groups excluding carboxylic acids is 2. The molecule has 37 heavy (non-hydrogen) atoms. The molecule has 0 radical (unpaired) electrons. The molecular weight excluding hydrogens is 460 g/mol. The second-order valence-corrected chi connectivity index (χ2v) is 10.2. The summed E-state index contributed by atoms with van der Waals surface area (Å²) in [6.07, 6.45) is 4.96.